The summed E-state index contributed by atoms with van der Waals surface area (Å²) < 4.78 is 5.78. The topological polar surface area (TPSA) is 26.3 Å². The standard InChI is InChI=1S/C21H21ClO2/c1-14-18(13-15-7-5-4-6-8-15)21(2,3)19(24-20(14)23)16-9-11-17(22)12-10-16/h4-14,19H,1-3H3/b18-13+. The van der Waals surface area contributed by atoms with Gasteiger partial charge in [0.2, 0.25) is 0 Å². The van der Waals surface area contributed by atoms with Crippen molar-refractivity contribution in [1.29, 1.82) is 0 Å². The third kappa shape index (κ3) is 3.11. The van der Waals surface area contributed by atoms with E-state index in [-0.39, 0.29) is 23.4 Å². The van der Waals surface area contributed by atoms with E-state index in [1.54, 1.807) is 0 Å². The van der Waals surface area contributed by atoms with Crippen LogP contribution in [0.15, 0.2) is 60.2 Å². The van der Waals surface area contributed by atoms with Crippen molar-refractivity contribution in [2.45, 2.75) is 26.9 Å². The summed E-state index contributed by atoms with van der Waals surface area (Å²) in [6.45, 7) is 6.17. The molecule has 1 aliphatic rings. The Morgan fingerprint density at radius 2 is 1.67 bits per heavy atom. The lowest BCUT2D eigenvalue weighted by atomic mass is 9.69. The van der Waals surface area contributed by atoms with Gasteiger partial charge < -0.3 is 4.74 Å². The van der Waals surface area contributed by atoms with E-state index in [1.165, 1.54) is 0 Å². The molecule has 0 radical (unpaired) electrons. The van der Waals surface area contributed by atoms with Crippen LogP contribution in [-0.2, 0) is 9.53 Å². The monoisotopic (exact) mass is 340 g/mol. The lowest BCUT2D eigenvalue weighted by molar-refractivity contribution is -0.164. The smallest absolute Gasteiger partial charge is 0.313 e. The molecule has 24 heavy (non-hydrogen) atoms. The highest BCUT2D eigenvalue weighted by molar-refractivity contribution is 6.30. The maximum absolute atomic E-state index is 12.4. The Morgan fingerprint density at radius 3 is 2.29 bits per heavy atom. The zero-order valence-electron chi connectivity index (χ0n) is 14.1. The summed E-state index contributed by atoms with van der Waals surface area (Å²) in [7, 11) is 0. The summed E-state index contributed by atoms with van der Waals surface area (Å²) in [6.07, 6.45) is 1.79. The van der Waals surface area contributed by atoms with Crippen molar-refractivity contribution in [3.8, 4) is 0 Å². The molecular weight excluding hydrogens is 320 g/mol. The molecule has 2 unspecified atom stereocenters. The molecule has 1 saturated heterocycles. The van der Waals surface area contributed by atoms with Crippen molar-refractivity contribution >= 4 is 23.6 Å². The van der Waals surface area contributed by atoms with Gasteiger partial charge in [0, 0.05) is 10.4 Å². The van der Waals surface area contributed by atoms with Crippen LogP contribution in [0, 0.1) is 11.3 Å². The molecule has 2 nitrogen and oxygen atoms in total. The van der Waals surface area contributed by atoms with Gasteiger partial charge in [-0.25, -0.2) is 0 Å². The Labute approximate surface area is 148 Å². The van der Waals surface area contributed by atoms with Crippen LogP contribution in [0.1, 0.15) is 38.0 Å². The average Bonchev–Trinajstić information content (AvgIpc) is 2.57. The summed E-state index contributed by atoms with van der Waals surface area (Å²) in [5.41, 5.74) is 2.84. The van der Waals surface area contributed by atoms with Crippen molar-refractivity contribution < 1.29 is 9.53 Å². The fourth-order valence-electron chi connectivity index (χ4n) is 3.36. The third-order valence-electron chi connectivity index (χ3n) is 4.75. The number of carbonyl (C=O) groups is 1. The number of esters is 1. The molecule has 1 heterocycles. The average molecular weight is 341 g/mol. The van der Waals surface area contributed by atoms with Crippen LogP contribution in [0.4, 0.5) is 0 Å². The molecule has 0 bridgehead atoms. The minimum Gasteiger partial charge on any atom is -0.456 e. The summed E-state index contributed by atoms with van der Waals surface area (Å²) in [6, 6.07) is 17.6. The number of rotatable bonds is 2. The molecule has 3 rings (SSSR count). The van der Waals surface area contributed by atoms with Crippen molar-refractivity contribution in [2.24, 2.45) is 11.3 Å². The van der Waals surface area contributed by atoms with Crippen molar-refractivity contribution in [3.05, 3.63) is 76.3 Å². The quantitative estimate of drug-likeness (QED) is 0.657. The van der Waals surface area contributed by atoms with E-state index in [4.69, 9.17) is 16.3 Å². The molecule has 0 saturated carbocycles. The van der Waals surface area contributed by atoms with E-state index < -0.39 is 0 Å². The molecule has 1 aliphatic heterocycles. The highest BCUT2D eigenvalue weighted by atomic mass is 35.5. The zero-order valence-corrected chi connectivity index (χ0v) is 14.9. The first kappa shape index (κ1) is 16.8. The van der Waals surface area contributed by atoms with Crippen LogP contribution in [0.3, 0.4) is 0 Å². The largest absolute Gasteiger partial charge is 0.456 e. The lowest BCUT2D eigenvalue weighted by Crippen LogP contribution is -2.40. The molecule has 0 aromatic heterocycles. The van der Waals surface area contributed by atoms with E-state index in [2.05, 4.69) is 19.9 Å². The highest BCUT2D eigenvalue weighted by Crippen LogP contribution is 2.50. The Hall–Kier alpha value is -2.06. The van der Waals surface area contributed by atoms with E-state index in [0.29, 0.717) is 5.02 Å². The molecule has 3 heteroatoms. The predicted molar refractivity (Wildman–Crippen MR) is 97.6 cm³/mol. The molecule has 0 spiro atoms. The molecule has 0 aliphatic carbocycles. The van der Waals surface area contributed by atoms with Crippen molar-refractivity contribution in [3.63, 3.8) is 0 Å². The second-order valence-corrected chi connectivity index (χ2v) is 7.26. The summed E-state index contributed by atoms with van der Waals surface area (Å²) in [5.74, 6) is -0.444. The molecular formula is C21H21ClO2. The van der Waals surface area contributed by atoms with Gasteiger partial charge in [-0.3, -0.25) is 4.79 Å². The van der Waals surface area contributed by atoms with Gasteiger partial charge in [0.05, 0.1) is 5.92 Å². The maximum atomic E-state index is 12.4. The van der Waals surface area contributed by atoms with Gasteiger partial charge in [-0.05, 0) is 35.8 Å². The number of hydrogen-bond acceptors (Lipinski definition) is 2. The van der Waals surface area contributed by atoms with E-state index in [0.717, 1.165) is 16.7 Å². The number of benzene rings is 2. The SMILES string of the molecule is CC1C(=O)OC(c2ccc(Cl)cc2)C(C)(C)/C1=C/c1ccccc1. The second-order valence-electron chi connectivity index (χ2n) is 6.82. The first-order valence-corrected chi connectivity index (χ1v) is 8.50. The molecule has 124 valence electrons. The highest BCUT2D eigenvalue weighted by Gasteiger charge is 2.46. The van der Waals surface area contributed by atoms with E-state index in [9.17, 15) is 4.79 Å². The van der Waals surface area contributed by atoms with Crippen LogP contribution in [0.5, 0.6) is 0 Å². The van der Waals surface area contributed by atoms with Gasteiger partial charge >= 0.3 is 5.97 Å². The minimum atomic E-state index is -0.326. The molecule has 0 amide bonds. The van der Waals surface area contributed by atoms with Crippen LogP contribution in [-0.4, -0.2) is 5.97 Å². The first-order chi connectivity index (χ1) is 11.4. The number of ether oxygens (including phenoxy) is 1. The lowest BCUT2D eigenvalue weighted by Gasteiger charge is -2.43. The van der Waals surface area contributed by atoms with Crippen LogP contribution in [0.2, 0.25) is 5.02 Å². The van der Waals surface area contributed by atoms with Gasteiger partial charge in [-0.15, -0.1) is 0 Å². The number of hydrogen-bond donors (Lipinski definition) is 0. The molecule has 1 fully saturated rings. The van der Waals surface area contributed by atoms with Gasteiger partial charge in [0.1, 0.15) is 6.10 Å². The molecule has 2 aromatic carbocycles. The summed E-state index contributed by atoms with van der Waals surface area (Å²) in [5, 5.41) is 0.673. The van der Waals surface area contributed by atoms with Crippen molar-refractivity contribution in [2.75, 3.05) is 0 Å². The Morgan fingerprint density at radius 1 is 1.04 bits per heavy atom. The first-order valence-electron chi connectivity index (χ1n) is 8.12. The van der Waals surface area contributed by atoms with Crippen molar-refractivity contribution in [1.82, 2.24) is 0 Å². The van der Waals surface area contributed by atoms with Crippen LogP contribution >= 0.6 is 11.6 Å². The minimum absolute atomic E-state index is 0.184. The van der Waals surface area contributed by atoms with Gasteiger partial charge in [-0.1, -0.05) is 74.0 Å². The Kier molecular flexibility index (Phi) is 4.51. The van der Waals surface area contributed by atoms with Crippen LogP contribution < -0.4 is 0 Å². The number of cyclic esters (lactones) is 1. The number of carbonyl (C=O) groups excluding carboxylic acids is 1. The molecule has 0 N–H and O–H groups in total. The van der Waals surface area contributed by atoms with Gasteiger partial charge in [0.25, 0.3) is 0 Å². The molecule has 2 atom stereocenters. The van der Waals surface area contributed by atoms with Gasteiger partial charge in [-0.2, -0.15) is 0 Å². The number of halogens is 1. The normalized spacial score (nSPS) is 24.7. The third-order valence-corrected chi connectivity index (χ3v) is 5.00. The summed E-state index contributed by atoms with van der Waals surface area (Å²) >= 11 is 5.99. The van der Waals surface area contributed by atoms with Crippen LogP contribution in [0.25, 0.3) is 6.08 Å². The Bertz CT molecular complexity index is 760. The maximum Gasteiger partial charge on any atom is 0.313 e. The summed E-state index contributed by atoms with van der Waals surface area (Å²) in [4.78, 5) is 12.4. The zero-order chi connectivity index (χ0) is 17.3. The Balaban J connectivity index is 2.06. The predicted octanol–water partition coefficient (Wildman–Crippen LogP) is 5.68. The molecule has 2 aromatic rings. The van der Waals surface area contributed by atoms with E-state index >= 15 is 0 Å². The second kappa shape index (κ2) is 6.45. The van der Waals surface area contributed by atoms with E-state index in [1.807, 2.05) is 61.5 Å². The van der Waals surface area contributed by atoms with Gasteiger partial charge in [0.15, 0.2) is 0 Å². The fourth-order valence-corrected chi connectivity index (χ4v) is 3.49. The fraction of sp³-hybridized carbons (Fsp3) is 0.286.